The van der Waals surface area contributed by atoms with Crippen molar-refractivity contribution in [3.8, 4) is 6.07 Å². The number of nitriles is 1. The number of aliphatic imine (C=N–C) groups is 1. The van der Waals surface area contributed by atoms with Gasteiger partial charge in [0.25, 0.3) is 0 Å². The molecule has 1 aromatic heterocycles. The molecule has 0 aliphatic carbocycles. The van der Waals surface area contributed by atoms with Crippen molar-refractivity contribution in [3.05, 3.63) is 53.2 Å². The second-order valence-corrected chi connectivity index (χ2v) is 6.34. The quantitative estimate of drug-likeness (QED) is 0.640. The maximum absolute atomic E-state index is 14.1. The van der Waals surface area contributed by atoms with Crippen LogP contribution in [0.3, 0.4) is 0 Å². The van der Waals surface area contributed by atoms with E-state index < -0.39 is 5.82 Å². The Kier molecular flexibility index (Phi) is 6.39. The van der Waals surface area contributed by atoms with Gasteiger partial charge in [0.05, 0.1) is 23.9 Å². The normalized spacial score (nSPS) is 15.6. The first kappa shape index (κ1) is 18.9. The minimum atomic E-state index is -0.397. The van der Waals surface area contributed by atoms with E-state index in [2.05, 4.69) is 25.3 Å². The maximum Gasteiger partial charge on any atom is 0.194 e. The second kappa shape index (κ2) is 9.14. The Morgan fingerprint density at radius 2 is 2.15 bits per heavy atom. The molecule has 0 radical (unpaired) electrons. The van der Waals surface area contributed by atoms with Crippen molar-refractivity contribution in [1.82, 2.24) is 20.3 Å². The van der Waals surface area contributed by atoms with Gasteiger partial charge in [0, 0.05) is 50.9 Å². The van der Waals surface area contributed by atoms with Gasteiger partial charge in [0.1, 0.15) is 12.1 Å². The van der Waals surface area contributed by atoms with Crippen molar-refractivity contribution < 1.29 is 8.91 Å². The molecule has 0 atom stereocenters. The number of piperazine rings is 1. The summed E-state index contributed by atoms with van der Waals surface area (Å²) >= 11 is 0. The molecule has 0 spiro atoms. The number of benzene rings is 1. The number of guanidine groups is 1. The van der Waals surface area contributed by atoms with Gasteiger partial charge in [0.2, 0.25) is 0 Å². The lowest BCUT2D eigenvalue weighted by atomic mass is 10.1. The molecular formula is C19H23FN6O. The van der Waals surface area contributed by atoms with E-state index in [1.165, 1.54) is 6.07 Å². The molecule has 1 aliphatic rings. The third-order valence-corrected chi connectivity index (χ3v) is 4.46. The first-order valence-corrected chi connectivity index (χ1v) is 9.03. The highest BCUT2D eigenvalue weighted by Crippen LogP contribution is 2.12. The first-order valence-electron chi connectivity index (χ1n) is 9.03. The molecular weight excluding hydrogens is 347 g/mol. The van der Waals surface area contributed by atoms with Gasteiger partial charge < -0.3 is 14.7 Å². The number of nitrogens with one attached hydrogen (secondary N) is 1. The summed E-state index contributed by atoms with van der Waals surface area (Å²) in [4.78, 5) is 9.09. The van der Waals surface area contributed by atoms with Crippen LogP contribution in [0.1, 0.15) is 23.7 Å². The van der Waals surface area contributed by atoms with E-state index in [-0.39, 0.29) is 6.54 Å². The highest BCUT2D eigenvalue weighted by atomic mass is 19.1. The molecule has 1 aromatic carbocycles. The Morgan fingerprint density at radius 3 is 2.78 bits per heavy atom. The summed E-state index contributed by atoms with van der Waals surface area (Å²) in [6, 6.07) is 8.31. The molecule has 27 heavy (non-hydrogen) atoms. The summed E-state index contributed by atoms with van der Waals surface area (Å²) in [6.45, 7) is 7.21. The molecule has 0 amide bonds. The highest BCUT2D eigenvalue weighted by Gasteiger charge is 2.20. The van der Waals surface area contributed by atoms with Crippen molar-refractivity contribution in [2.24, 2.45) is 4.99 Å². The Bertz CT molecular complexity index is 806. The number of hydrogen-bond acceptors (Lipinski definition) is 5. The lowest BCUT2D eigenvalue weighted by Gasteiger charge is -2.36. The topological polar surface area (TPSA) is 80.7 Å². The Morgan fingerprint density at radius 1 is 1.33 bits per heavy atom. The minimum Gasteiger partial charge on any atom is -0.364 e. The number of nitrogens with zero attached hydrogens (tertiary/aromatic N) is 5. The predicted molar refractivity (Wildman–Crippen MR) is 99.3 cm³/mol. The third-order valence-electron chi connectivity index (χ3n) is 4.46. The standard InChI is InChI=1S/C19H23FN6O/c1-2-22-19(23-13-16-4-3-15(12-21)11-18(16)20)26-8-6-25(7-9-26)14-17-5-10-27-24-17/h3-5,10-11H,2,6-9,13-14H2,1H3,(H,22,23). The van der Waals surface area contributed by atoms with Crippen LogP contribution in [-0.2, 0) is 13.1 Å². The monoisotopic (exact) mass is 370 g/mol. The molecule has 142 valence electrons. The van der Waals surface area contributed by atoms with E-state index in [1.54, 1.807) is 18.4 Å². The summed E-state index contributed by atoms with van der Waals surface area (Å²) < 4.78 is 19.0. The van der Waals surface area contributed by atoms with Crippen LogP contribution in [0.2, 0.25) is 0 Å². The zero-order valence-corrected chi connectivity index (χ0v) is 15.4. The zero-order valence-electron chi connectivity index (χ0n) is 15.4. The molecule has 2 heterocycles. The molecule has 0 bridgehead atoms. The lowest BCUT2D eigenvalue weighted by molar-refractivity contribution is 0.169. The van der Waals surface area contributed by atoms with Crippen LogP contribution in [-0.4, -0.2) is 53.6 Å². The smallest absolute Gasteiger partial charge is 0.194 e. The fraction of sp³-hybridized carbons (Fsp3) is 0.421. The van der Waals surface area contributed by atoms with Crippen LogP contribution in [0.4, 0.5) is 4.39 Å². The van der Waals surface area contributed by atoms with Crippen molar-refractivity contribution in [2.45, 2.75) is 20.0 Å². The van der Waals surface area contributed by atoms with E-state index >= 15 is 0 Å². The molecule has 2 aromatic rings. The van der Waals surface area contributed by atoms with Crippen molar-refractivity contribution >= 4 is 5.96 Å². The molecule has 0 saturated carbocycles. The zero-order chi connectivity index (χ0) is 19.1. The molecule has 1 N–H and O–H groups in total. The molecule has 8 heteroatoms. The average Bonchev–Trinajstić information content (AvgIpc) is 3.19. The Hall–Kier alpha value is -2.92. The minimum absolute atomic E-state index is 0.235. The average molecular weight is 370 g/mol. The maximum atomic E-state index is 14.1. The highest BCUT2D eigenvalue weighted by molar-refractivity contribution is 5.80. The summed E-state index contributed by atoms with van der Waals surface area (Å²) in [5, 5.41) is 16.1. The van der Waals surface area contributed by atoms with Crippen molar-refractivity contribution in [1.29, 1.82) is 5.26 Å². The van der Waals surface area contributed by atoms with Gasteiger partial charge >= 0.3 is 0 Å². The van der Waals surface area contributed by atoms with E-state index in [0.29, 0.717) is 11.1 Å². The van der Waals surface area contributed by atoms with E-state index in [9.17, 15) is 4.39 Å². The van der Waals surface area contributed by atoms with Gasteiger partial charge in [-0.05, 0) is 19.1 Å². The van der Waals surface area contributed by atoms with Crippen LogP contribution >= 0.6 is 0 Å². The van der Waals surface area contributed by atoms with Crippen molar-refractivity contribution in [3.63, 3.8) is 0 Å². The molecule has 3 rings (SSSR count). The third kappa shape index (κ3) is 5.05. The number of aromatic nitrogens is 1. The van der Waals surface area contributed by atoms with Gasteiger partial charge in [-0.2, -0.15) is 5.26 Å². The SMILES string of the molecule is CCNC(=NCc1ccc(C#N)cc1F)N1CCN(Cc2ccon2)CC1. The van der Waals surface area contributed by atoms with Crippen LogP contribution in [0.15, 0.2) is 40.0 Å². The number of halogens is 1. The Balaban J connectivity index is 1.60. The van der Waals surface area contributed by atoms with Crippen LogP contribution in [0, 0.1) is 17.1 Å². The fourth-order valence-corrected chi connectivity index (χ4v) is 3.00. The van der Waals surface area contributed by atoms with E-state index in [4.69, 9.17) is 9.78 Å². The summed E-state index contributed by atoms with van der Waals surface area (Å²) in [5.41, 5.74) is 1.73. The number of rotatable bonds is 5. The summed E-state index contributed by atoms with van der Waals surface area (Å²) in [6.07, 6.45) is 1.59. The van der Waals surface area contributed by atoms with Crippen LogP contribution in [0.25, 0.3) is 0 Å². The fourth-order valence-electron chi connectivity index (χ4n) is 3.00. The van der Waals surface area contributed by atoms with Crippen molar-refractivity contribution in [2.75, 3.05) is 32.7 Å². The predicted octanol–water partition coefficient (Wildman–Crippen LogP) is 1.97. The van der Waals surface area contributed by atoms with Gasteiger partial charge in [0.15, 0.2) is 5.96 Å². The molecule has 0 unspecified atom stereocenters. The first-order chi connectivity index (χ1) is 13.2. The van der Waals surface area contributed by atoms with Crippen LogP contribution < -0.4 is 5.32 Å². The van der Waals surface area contributed by atoms with E-state index in [1.807, 2.05) is 19.1 Å². The van der Waals surface area contributed by atoms with Gasteiger partial charge in [-0.15, -0.1) is 0 Å². The largest absolute Gasteiger partial charge is 0.364 e. The van der Waals surface area contributed by atoms with Gasteiger partial charge in [-0.3, -0.25) is 4.90 Å². The van der Waals surface area contributed by atoms with Gasteiger partial charge in [-0.1, -0.05) is 11.2 Å². The molecule has 1 aliphatic heterocycles. The second-order valence-electron chi connectivity index (χ2n) is 6.34. The number of hydrogen-bond donors (Lipinski definition) is 1. The lowest BCUT2D eigenvalue weighted by Crippen LogP contribution is -2.52. The molecule has 1 saturated heterocycles. The summed E-state index contributed by atoms with van der Waals surface area (Å²) in [5.74, 6) is 0.383. The molecule has 1 fully saturated rings. The van der Waals surface area contributed by atoms with Gasteiger partial charge in [-0.25, -0.2) is 9.38 Å². The van der Waals surface area contributed by atoms with Crippen LogP contribution in [0.5, 0.6) is 0 Å². The summed E-state index contributed by atoms with van der Waals surface area (Å²) in [7, 11) is 0. The van der Waals surface area contributed by atoms with E-state index in [0.717, 1.165) is 50.9 Å². The Labute approximate surface area is 158 Å². The molecule has 7 nitrogen and oxygen atoms in total.